The van der Waals surface area contributed by atoms with Crippen molar-refractivity contribution in [3.63, 3.8) is 0 Å². The summed E-state index contributed by atoms with van der Waals surface area (Å²) < 4.78 is 2.02. The van der Waals surface area contributed by atoms with E-state index >= 15 is 0 Å². The summed E-state index contributed by atoms with van der Waals surface area (Å²) in [6.45, 7) is 0.513. The highest BCUT2D eigenvalue weighted by Crippen LogP contribution is 2.22. The Morgan fingerprint density at radius 1 is 1.36 bits per heavy atom. The number of aromatic nitrogens is 3. The number of carbonyl (C=O) groups is 2. The van der Waals surface area contributed by atoms with Crippen LogP contribution in [-0.2, 0) is 29.6 Å². The number of fused-ring (bicyclic) bond motifs is 2. The molecule has 7 heteroatoms. The molecule has 1 N–H and O–H groups in total. The van der Waals surface area contributed by atoms with Gasteiger partial charge in [-0.1, -0.05) is 0 Å². The zero-order chi connectivity index (χ0) is 19.7. The van der Waals surface area contributed by atoms with Crippen LogP contribution in [0.1, 0.15) is 23.1 Å². The quantitative estimate of drug-likeness (QED) is 0.711. The SMILES string of the molecule is CN(Cc1cn(C)c2cnccc12)C(=O)C=Cc1cnc2c(c1)CCC(=O)N2. The molecule has 142 valence electrons. The van der Waals surface area contributed by atoms with Crippen LogP contribution in [0.25, 0.3) is 17.0 Å². The van der Waals surface area contributed by atoms with Gasteiger partial charge in [0.1, 0.15) is 5.82 Å². The number of amides is 2. The Balaban J connectivity index is 1.46. The highest BCUT2D eigenvalue weighted by atomic mass is 16.2. The van der Waals surface area contributed by atoms with Gasteiger partial charge in [0.15, 0.2) is 0 Å². The maximum absolute atomic E-state index is 12.5. The highest BCUT2D eigenvalue weighted by Gasteiger charge is 2.16. The summed E-state index contributed by atoms with van der Waals surface area (Å²) in [6, 6.07) is 3.93. The molecule has 0 atom stereocenters. The van der Waals surface area contributed by atoms with Crippen LogP contribution in [0.5, 0.6) is 0 Å². The molecule has 4 heterocycles. The van der Waals surface area contributed by atoms with Crippen LogP contribution >= 0.6 is 0 Å². The maximum Gasteiger partial charge on any atom is 0.246 e. The number of aryl methyl sites for hydroxylation is 2. The van der Waals surface area contributed by atoms with E-state index in [0.29, 0.717) is 25.2 Å². The van der Waals surface area contributed by atoms with Crippen molar-refractivity contribution in [2.75, 3.05) is 12.4 Å². The topological polar surface area (TPSA) is 80.1 Å². The minimum absolute atomic E-state index is 0.00990. The number of likely N-dealkylation sites (N-methyl/N-ethyl adjacent to an activating group) is 1. The molecule has 0 saturated heterocycles. The van der Waals surface area contributed by atoms with Gasteiger partial charge in [0.25, 0.3) is 0 Å². The van der Waals surface area contributed by atoms with Crippen LogP contribution in [0, 0.1) is 0 Å². The average molecular weight is 375 g/mol. The Morgan fingerprint density at radius 2 is 2.21 bits per heavy atom. The van der Waals surface area contributed by atoms with Crippen LogP contribution < -0.4 is 5.32 Å². The molecule has 0 aliphatic carbocycles. The van der Waals surface area contributed by atoms with E-state index in [1.807, 2.05) is 36.1 Å². The summed E-state index contributed by atoms with van der Waals surface area (Å²) in [5.74, 6) is 0.517. The third-order valence-corrected chi connectivity index (χ3v) is 4.94. The van der Waals surface area contributed by atoms with E-state index < -0.39 is 0 Å². The Morgan fingerprint density at radius 3 is 3.07 bits per heavy atom. The Kier molecular flexibility index (Phi) is 4.65. The lowest BCUT2D eigenvalue weighted by Gasteiger charge is -2.16. The third kappa shape index (κ3) is 3.51. The van der Waals surface area contributed by atoms with Crippen molar-refractivity contribution in [3.8, 4) is 0 Å². The van der Waals surface area contributed by atoms with Crippen molar-refractivity contribution in [2.45, 2.75) is 19.4 Å². The second kappa shape index (κ2) is 7.26. The smallest absolute Gasteiger partial charge is 0.246 e. The number of nitrogens with one attached hydrogen (secondary N) is 1. The van der Waals surface area contributed by atoms with Crippen LogP contribution in [0.2, 0.25) is 0 Å². The first-order chi connectivity index (χ1) is 13.5. The zero-order valence-electron chi connectivity index (χ0n) is 15.8. The molecule has 0 unspecified atom stereocenters. The molecule has 0 radical (unpaired) electrons. The van der Waals surface area contributed by atoms with Gasteiger partial charge in [-0.3, -0.25) is 14.6 Å². The van der Waals surface area contributed by atoms with Crippen LogP contribution in [0.4, 0.5) is 5.82 Å². The highest BCUT2D eigenvalue weighted by molar-refractivity contribution is 5.94. The van der Waals surface area contributed by atoms with Gasteiger partial charge in [0, 0.05) is 57.1 Å². The van der Waals surface area contributed by atoms with Crippen molar-refractivity contribution in [1.29, 1.82) is 0 Å². The minimum atomic E-state index is -0.0860. The molecule has 3 aromatic rings. The van der Waals surface area contributed by atoms with Crippen LogP contribution in [-0.4, -0.2) is 38.3 Å². The van der Waals surface area contributed by atoms with E-state index in [0.717, 1.165) is 27.6 Å². The molecule has 0 spiro atoms. The van der Waals surface area contributed by atoms with Gasteiger partial charge in [0.2, 0.25) is 11.8 Å². The molecule has 4 rings (SSSR count). The fourth-order valence-corrected chi connectivity index (χ4v) is 3.43. The van der Waals surface area contributed by atoms with Crippen molar-refractivity contribution < 1.29 is 9.59 Å². The summed E-state index contributed by atoms with van der Waals surface area (Å²) >= 11 is 0. The van der Waals surface area contributed by atoms with E-state index in [1.165, 1.54) is 0 Å². The Bertz CT molecular complexity index is 1100. The number of nitrogens with zero attached hydrogens (tertiary/aromatic N) is 4. The first-order valence-corrected chi connectivity index (χ1v) is 9.11. The largest absolute Gasteiger partial charge is 0.349 e. The second-order valence-electron chi connectivity index (χ2n) is 7.01. The normalized spacial score (nSPS) is 13.6. The van der Waals surface area contributed by atoms with E-state index in [9.17, 15) is 9.59 Å². The summed E-state index contributed by atoms with van der Waals surface area (Å²) in [5.41, 5.74) is 3.95. The number of rotatable bonds is 4. The Labute approximate surface area is 162 Å². The van der Waals surface area contributed by atoms with Gasteiger partial charge in [-0.25, -0.2) is 4.98 Å². The number of hydrogen-bond donors (Lipinski definition) is 1. The third-order valence-electron chi connectivity index (χ3n) is 4.94. The lowest BCUT2D eigenvalue weighted by Crippen LogP contribution is -2.24. The zero-order valence-corrected chi connectivity index (χ0v) is 15.8. The van der Waals surface area contributed by atoms with Gasteiger partial charge in [-0.2, -0.15) is 0 Å². The lowest BCUT2D eigenvalue weighted by atomic mass is 10.0. The number of hydrogen-bond acceptors (Lipinski definition) is 4. The molecular formula is C21H21N5O2. The molecule has 28 heavy (non-hydrogen) atoms. The summed E-state index contributed by atoms with van der Waals surface area (Å²) in [5, 5.41) is 3.86. The molecule has 2 amide bonds. The number of anilines is 1. The maximum atomic E-state index is 12.5. The lowest BCUT2D eigenvalue weighted by molar-refractivity contribution is -0.125. The molecule has 1 aliphatic rings. The first-order valence-electron chi connectivity index (χ1n) is 9.11. The van der Waals surface area contributed by atoms with Gasteiger partial charge >= 0.3 is 0 Å². The molecule has 3 aromatic heterocycles. The first kappa shape index (κ1) is 17.9. The minimum Gasteiger partial charge on any atom is -0.349 e. The monoisotopic (exact) mass is 375 g/mol. The summed E-state index contributed by atoms with van der Waals surface area (Å²) in [7, 11) is 3.76. The molecular weight excluding hydrogens is 354 g/mol. The molecule has 0 fully saturated rings. The Hall–Kier alpha value is -3.48. The molecule has 0 bridgehead atoms. The van der Waals surface area contributed by atoms with Crippen LogP contribution in [0.15, 0.2) is 43.0 Å². The fourth-order valence-electron chi connectivity index (χ4n) is 3.43. The van der Waals surface area contributed by atoms with E-state index in [4.69, 9.17) is 0 Å². The van der Waals surface area contributed by atoms with E-state index in [2.05, 4.69) is 15.3 Å². The van der Waals surface area contributed by atoms with Gasteiger partial charge in [-0.15, -0.1) is 0 Å². The van der Waals surface area contributed by atoms with Crippen LogP contribution in [0.3, 0.4) is 0 Å². The van der Waals surface area contributed by atoms with E-state index in [1.54, 1.807) is 36.5 Å². The van der Waals surface area contributed by atoms with Crippen molar-refractivity contribution in [1.82, 2.24) is 19.4 Å². The molecule has 1 aliphatic heterocycles. The molecule has 0 saturated carbocycles. The standard InChI is InChI=1S/C21H21N5O2/c1-25-12-16(17-7-8-22-11-18(17)25)13-26(2)20(28)6-3-14-9-15-4-5-19(27)24-21(15)23-10-14/h3,6-12H,4-5,13H2,1-2H3,(H,23,24,27). The van der Waals surface area contributed by atoms with Crippen molar-refractivity contribution >= 4 is 34.6 Å². The predicted octanol–water partition coefficient (Wildman–Crippen LogP) is 2.52. The fraction of sp³-hybridized carbons (Fsp3) is 0.238. The number of carbonyl (C=O) groups excluding carboxylic acids is 2. The van der Waals surface area contributed by atoms with Gasteiger partial charge in [0.05, 0.1) is 11.7 Å². The molecule has 7 nitrogen and oxygen atoms in total. The van der Waals surface area contributed by atoms with Crippen molar-refractivity contribution in [2.24, 2.45) is 7.05 Å². The summed E-state index contributed by atoms with van der Waals surface area (Å²) in [4.78, 5) is 34.1. The van der Waals surface area contributed by atoms with E-state index in [-0.39, 0.29) is 11.8 Å². The van der Waals surface area contributed by atoms with Crippen molar-refractivity contribution in [3.05, 3.63) is 59.7 Å². The second-order valence-corrected chi connectivity index (χ2v) is 7.01. The summed E-state index contributed by atoms with van der Waals surface area (Å²) in [6.07, 6.45) is 11.7. The van der Waals surface area contributed by atoms with Gasteiger partial charge < -0.3 is 14.8 Å². The average Bonchev–Trinajstić information content (AvgIpc) is 3.01. The molecule has 0 aromatic carbocycles. The predicted molar refractivity (Wildman–Crippen MR) is 107 cm³/mol. The van der Waals surface area contributed by atoms with Gasteiger partial charge in [-0.05, 0) is 41.3 Å². The number of pyridine rings is 2.